The molecule has 0 radical (unpaired) electrons. The van der Waals surface area contributed by atoms with Gasteiger partial charge in [0, 0.05) is 33.7 Å². The molecule has 0 saturated carbocycles. The number of halogens is 2. The Hall–Kier alpha value is -1.27. The van der Waals surface area contributed by atoms with E-state index in [0.29, 0.717) is 18.1 Å². The molecule has 3 N–H and O–H groups in total. The Bertz CT molecular complexity index is 661. The summed E-state index contributed by atoms with van der Waals surface area (Å²) < 4.78 is 7.64. The van der Waals surface area contributed by atoms with Gasteiger partial charge in [-0.15, -0.1) is 0 Å². The number of rotatable bonds is 3. The summed E-state index contributed by atoms with van der Waals surface area (Å²) in [4.78, 5) is 4.27. The zero-order chi connectivity index (χ0) is 14.1. The fourth-order valence-electron chi connectivity index (χ4n) is 2.26. The number of nitrogen functional groups attached to an aromatic ring is 1. The highest BCUT2D eigenvalue weighted by atomic mass is 79.9. The summed E-state index contributed by atoms with van der Waals surface area (Å²) in [5.41, 5.74) is 8.90. The zero-order valence-corrected chi connectivity index (χ0v) is 13.8. The second kappa shape index (κ2) is 5.61. The predicted molar refractivity (Wildman–Crippen MR) is 87.0 cm³/mol. The van der Waals surface area contributed by atoms with Crippen molar-refractivity contribution in [2.24, 2.45) is 0 Å². The van der Waals surface area contributed by atoms with Crippen molar-refractivity contribution < 1.29 is 4.74 Å². The fourth-order valence-corrected chi connectivity index (χ4v) is 3.16. The number of fused-ring (bicyclic) bond motifs is 1. The van der Waals surface area contributed by atoms with Crippen LogP contribution in [0.5, 0.6) is 5.75 Å². The molecular weight excluding hydrogens is 386 g/mol. The van der Waals surface area contributed by atoms with Crippen LogP contribution in [0, 0.1) is 0 Å². The Labute approximate surface area is 134 Å². The molecule has 0 fully saturated rings. The van der Waals surface area contributed by atoms with Crippen molar-refractivity contribution in [3.05, 3.63) is 44.5 Å². The molecule has 0 aliphatic carbocycles. The first-order chi connectivity index (χ1) is 9.63. The molecule has 0 amide bonds. The van der Waals surface area contributed by atoms with Crippen molar-refractivity contribution in [3.63, 3.8) is 0 Å². The Balaban J connectivity index is 1.82. The maximum atomic E-state index is 5.93. The van der Waals surface area contributed by atoms with Crippen LogP contribution in [-0.4, -0.2) is 11.6 Å². The molecule has 0 unspecified atom stereocenters. The summed E-state index contributed by atoms with van der Waals surface area (Å²) in [6.07, 6.45) is 2.68. The number of aromatic nitrogens is 1. The summed E-state index contributed by atoms with van der Waals surface area (Å²) in [7, 11) is 0. The molecule has 0 spiro atoms. The molecule has 0 saturated heterocycles. The number of anilines is 2. The van der Waals surface area contributed by atoms with E-state index in [1.807, 2.05) is 6.07 Å². The molecule has 20 heavy (non-hydrogen) atoms. The highest BCUT2D eigenvalue weighted by Gasteiger charge is 2.17. The summed E-state index contributed by atoms with van der Waals surface area (Å²) >= 11 is 6.88. The van der Waals surface area contributed by atoms with E-state index in [9.17, 15) is 0 Å². The quantitative estimate of drug-likeness (QED) is 0.826. The fraction of sp³-hybridized carbons (Fsp3) is 0.214. The number of nitrogens with one attached hydrogen (secondary N) is 1. The number of hydrogen-bond acceptors (Lipinski definition) is 4. The van der Waals surface area contributed by atoms with E-state index in [1.165, 1.54) is 5.56 Å². The third-order valence-corrected chi connectivity index (χ3v) is 4.05. The minimum Gasteiger partial charge on any atom is -0.493 e. The van der Waals surface area contributed by atoms with Gasteiger partial charge in [-0.2, -0.15) is 0 Å². The summed E-state index contributed by atoms with van der Waals surface area (Å²) in [5.74, 6) is 1.66. The number of benzene rings is 1. The molecule has 1 aromatic carbocycles. The van der Waals surface area contributed by atoms with Crippen molar-refractivity contribution >= 4 is 43.4 Å². The molecule has 1 aliphatic heterocycles. The van der Waals surface area contributed by atoms with Gasteiger partial charge in [0.15, 0.2) is 0 Å². The van der Waals surface area contributed by atoms with Crippen LogP contribution in [0.4, 0.5) is 11.5 Å². The summed E-state index contributed by atoms with van der Waals surface area (Å²) in [6, 6.07) is 6.00. The van der Waals surface area contributed by atoms with Crippen molar-refractivity contribution in [3.8, 4) is 5.75 Å². The van der Waals surface area contributed by atoms with E-state index in [4.69, 9.17) is 10.5 Å². The van der Waals surface area contributed by atoms with E-state index < -0.39 is 0 Å². The van der Waals surface area contributed by atoms with E-state index in [1.54, 1.807) is 6.20 Å². The van der Waals surface area contributed by atoms with Crippen molar-refractivity contribution in [1.29, 1.82) is 0 Å². The maximum Gasteiger partial charge on any atom is 0.149 e. The van der Waals surface area contributed by atoms with Crippen LogP contribution in [0.3, 0.4) is 0 Å². The second-order valence-electron chi connectivity index (χ2n) is 4.60. The average molecular weight is 399 g/mol. The lowest BCUT2D eigenvalue weighted by Crippen LogP contribution is -2.05. The molecule has 0 bridgehead atoms. The van der Waals surface area contributed by atoms with Crippen LogP contribution in [0.2, 0.25) is 0 Å². The molecule has 3 rings (SSSR count). The lowest BCUT2D eigenvalue weighted by Gasteiger charge is -2.12. The van der Waals surface area contributed by atoms with Gasteiger partial charge in [-0.25, -0.2) is 4.98 Å². The molecule has 2 heterocycles. The highest BCUT2D eigenvalue weighted by molar-refractivity contribution is 9.10. The van der Waals surface area contributed by atoms with Gasteiger partial charge < -0.3 is 15.8 Å². The normalized spacial score (nSPS) is 12.9. The third-order valence-electron chi connectivity index (χ3n) is 3.16. The molecule has 1 aliphatic rings. The van der Waals surface area contributed by atoms with Gasteiger partial charge in [0.1, 0.15) is 11.6 Å². The van der Waals surface area contributed by atoms with Crippen molar-refractivity contribution in [2.45, 2.75) is 13.0 Å². The van der Waals surface area contributed by atoms with E-state index >= 15 is 0 Å². The first kappa shape index (κ1) is 13.7. The summed E-state index contributed by atoms with van der Waals surface area (Å²) in [6.45, 7) is 1.37. The van der Waals surface area contributed by atoms with Gasteiger partial charge in [0.2, 0.25) is 0 Å². The monoisotopic (exact) mass is 397 g/mol. The third kappa shape index (κ3) is 2.76. The molecule has 4 nitrogen and oxygen atoms in total. The van der Waals surface area contributed by atoms with Crippen molar-refractivity contribution in [1.82, 2.24) is 4.98 Å². The van der Waals surface area contributed by atoms with Crippen LogP contribution < -0.4 is 15.8 Å². The van der Waals surface area contributed by atoms with Crippen molar-refractivity contribution in [2.75, 3.05) is 17.7 Å². The second-order valence-corrected chi connectivity index (χ2v) is 6.43. The van der Waals surface area contributed by atoms with E-state index in [-0.39, 0.29) is 0 Å². The van der Waals surface area contributed by atoms with Gasteiger partial charge in [-0.3, -0.25) is 0 Å². The maximum absolute atomic E-state index is 5.93. The van der Waals surface area contributed by atoms with Crippen LogP contribution in [0.15, 0.2) is 33.3 Å². The van der Waals surface area contributed by atoms with Gasteiger partial charge in [-0.1, -0.05) is 15.9 Å². The molecule has 1 aromatic heterocycles. The predicted octanol–water partition coefficient (Wildman–Crippen LogP) is 3.74. The Morgan fingerprint density at radius 3 is 2.90 bits per heavy atom. The van der Waals surface area contributed by atoms with Crippen LogP contribution in [0.1, 0.15) is 11.1 Å². The number of pyridine rings is 1. The van der Waals surface area contributed by atoms with E-state index in [2.05, 4.69) is 54.3 Å². The minimum atomic E-state index is 0.618. The molecule has 104 valence electrons. The minimum absolute atomic E-state index is 0.618. The van der Waals surface area contributed by atoms with Gasteiger partial charge >= 0.3 is 0 Å². The smallest absolute Gasteiger partial charge is 0.149 e. The molecular formula is C14H13Br2N3O. The summed E-state index contributed by atoms with van der Waals surface area (Å²) in [5, 5.41) is 3.26. The number of ether oxygens (including phenoxy) is 1. The van der Waals surface area contributed by atoms with E-state index in [0.717, 1.165) is 33.3 Å². The number of nitrogens with two attached hydrogens (primary N) is 1. The largest absolute Gasteiger partial charge is 0.493 e. The van der Waals surface area contributed by atoms with Crippen LogP contribution in [-0.2, 0) is 13.0 Å². The first-order valence-electron chi connectivity index (χ1n) is 6.22. The number of nitrogens with zero attached hydrogens (tertiary/aromatic N) is 1. The Kier molecular flexibility index (Phi) is 3.85. The average Bonchev–Trinajstić information content (AvgIpc) is 2.85. The Morgan fingerprint density at radius 1 is 1.25 bits per heavy atom. The Morgan fingerprint density at radius 2 is 2.10 bits per heavy atom. The van der Waals surface area contributed by atoms with Crippen LogP contribution in [0.25, 0.3) is 0 Å². The molecule has 0 atom stereocenters. The lowest BCUT2D eigenvalue weighted by molar-refractivity contribution is 0.354. The zero-order valence-electron chi connectivity index (χ0n) is 10.6. The standard InChI is InChI=1S/C14H13Br2N3O/c15-10-3-8-1-2-20-13(8)9(4-10)6-18-14-12(17)5-11(16)7-19-14/h3-5,7H,1-2,6,17H2,(H,18,19). The lowest BCUT2D eigenvalue weighted by atomic mass is 10.1. The highest BCUT2D eigenvalue weighted by Crippen LogP contribution is 2.33. The topological polar surface area (TPSA) is 60.2 Å². The van der Waals surface area contributed by atoms with Gasteiger partial charge in [0.05, 0.1) is 12.3 Å². The van der Waals surface area contributed by atoms with Gasteiger partial charge in [0.25, 0.3) is 0 Å². The molecule has 2 aromatic rings. The van der Waals surface area contributed by atoms with Gasteiger partial charge in [-0.05, 0) is 39.7 Å². The van der Waals surface area contributed by atoms with Crippen LogP contribution >= 0.6 is 31.9 Å². The first-order valence-corrected chi connectivity index (χ1v) is 7.81. The SMILES string of the molecule is Nc1cc(Br)cnc1NCc1cc(Br)cc2c1OCC2. The number of hydrogen-bond donors (Lipinski definition) is 2. The molecule has 6 heteroatoms.